The normalized spacial score (nSPS) is 20.6. The first-order valence-corrected chi connectivity index (χ1v) is 8.28. The van der Waals surface area contributed by atoms with Gasteiger partial charge >= 0.3 is 0 Å². The average Bonchev–Trinajstić information content (AvgIpc) is 3.17. The molecule has 1 fully saturated rings. The van der Waals surface area contributed by atoms with E-state index in [1.165, 1.54) is 0 Å². The average molecular weight is 336 g/mol. The van der Waals surface area contributed by atoms with Crippen molar-refractivity contribution in [1.82, 2.24) is 19.7 Å². The Kier molecular flexibility index (Phi) is 4.07. The zero-order valence-corrected chi connectivity index (χ0v) is 14.0. The van der Waals surface area contributed by atoms with Crippen molar-refractivity contribution in [2.45, 2.75) is 19.1 Å². The topological polar surface area (TPSA) is 82.1 Å². The van der Waals surface area contributed by atoms with Crippen molar-refractivity contribution in [3.05, 3.63) is 60.4 Å². The van der Waals surface area contributed by atoms with Crippen molar-refractivity contribution in [1.29, 1.82) is 0 Å². The number of hydrogen-bond acceptors (Lipinski definition) is 6. The summed E-state index contributed by atoms with van der Waals surface area (Å²) in [5.41, 5.74) is 7.10. The van der Waals surface area contributed by atoms with Crippen LogP contribution in [0.4, 0.5) is 11.8 Å². The number of rotatable bonds is 3. The minimum Gasteiger partial charge on any atom is -0.370 e. The molecule has 7 heteroatoms. The Labute approximate surface area is 146 Å². The molecule has 0 aliphatic carbocycles. The molecule has 0 bridgehead atoms. The number of benzene rings is 1. The van der Waals surface area contributed by atoms with Crippen LogP contribution < -0.4 is 10.6 Å². The smallest absolute Gasteiger partial charge is 0.224 e. The van der Waals surface area contributed by atoms with E-state index in [0.29, 0.717) is 19.0 Å². The second-order valence-corrected chi connectivity index (χ2v) is 6.13. The molecule has 3 aromatic rings. The highest BCUT2D eigenvalue weighted by atomic mass is 16.5. The number of hydrogen-bond donors (Lipinski definition) is 1. The highest BCUT2D eigenvalue weighted by Crippen LogP contribution is 2.29. The molecule has 0 unspecified atom stereocenters. The van der Waals surface area contributed by atoms with E-state index in [1.807, 2.05) is 36.5 Å². The molecule has 1 aromatic carbocycles. The Bertz CT molecular complexity index is 836. The SMILES string of the molecule is C[C@H]1CO[C@@H](c2ccccc2)CN1c1cc(-n2cccn2)nc(N)n1. The van der Waals surface area contributed by atoms with Gasteiger partial charge in [-0.25, -0.2) is 4.68 Å². The van der Waals surface area contributed by atoms with Gasteiger partial charge in [0.05, 0.1) is 19.2 Å². The molecule has 1 aliphatic rings. The lowest BCUT2D eigenvalue weighted by atomic mass is 10.1. The van der Waals surface area contributed by atoms with Crippen molar-refractivity contribution in [2.75, 3.05) is 23.8 Å². The first-order chi connectivity index (χ1) is 12.2. The van der Waals surface area contributed by atoms with Crippen LogP contribution in [0, 0.1) is 0 Å². The van der Waals surface area contributed by atoms with Crippen LogP contribution in [0.3, 0.4) is 0 Å². The van der Waals surface area contributed by atoms with E-state index in [9.17, 15) is 0 Å². The summed E-state index contributed by atoms with van der Waals surface area (Å²) in [5, 5.41) is 4.22. The third kappa shape index (κ3) is 3.18. The number of nitrogens with zero attached hydrogens (tertiary/aromatic N) is 5. The van der Waals surface area contributed by atoms with Crippen molar-refractivity contribution in [2.24, 2.45) is 0 Å². The summed E-state index contributed by atoms with van der Waals surface area (Å²) in [6.45, 7) is 3.45. The molecule has 2 atom stereocenters. The van der Waals surface area contributed by atoms with Gasteiger partial charge in [0.15, 0.2) is 5.82 Å². The second kappa shape index (κ2) is 6.52. The van der Waals surface area contributed by atoms with Crippen molar-refractivity contribution in [3.63, 3.8) is 0 Å². The summed E-state index contributed by atoms with van der Waals surface area (Å²) >= 11 is 0. The minimum atomic E-state index is 0.00161. The van der Waals surface area contributed by atoms with Crippen LogP contribution >= 0.6 is 0 Å². The fraction of sp³-hybridized carbons (Fsp3) is 0.278. The number of ether oxygens (including phenoxy) is 1. The van der Waals surface area contributed by atoms with Gasteiger partial charge in [0.25, 0.3) is 0 Å². The van der Waals surface area contributed by atoms with E-state index in [-0.39, 0.29) is 18.1 Å². The van der Waals surface area contributed by atoms with E-state index in [0.717, 1.165) is 11.4 Å². The maximum absolute atomic E-state index is 6.03. The highest BCUT2D eigenvalue weighted by Gasteiger charge is 2.28. The van der Waals surface area contributed by atoms with Crippen LogP contribution in [-0.2, 0) is 4.74 Å². The predicted octanol–water partition coefficient (Wildman–Crippen LogP) is 2.21. The van der Waals surface area contributed by atoms with E-state index >= 15 is 0 Å². The van der Waals surface area contributed by atoms with Gasteiger partial charge in [0, 0.05) is 18.5 Å². The molecule has 2 N–H and O–H groups in total. The fourth-order valence-corrected chi connectivity index (χ4v) is 3.05. The third-order valence-corrected chi connectivity index (χ3v) is 4.35. The number of nitrogens with two attached hydrogens (primary N) is 1. The molecule has 25 heavy (non-hydrogen) atoms. The van der Waals surface area contributed by atoms with E-state index < -0.39 is 0 Å². The highest BCUT2D eigenvalue weighted by molar-refractivity contribution is 5.49. The molecule has 0 saturated carbocycles. The molecule has 0 spiro atoms. The molecule has 128 valence electrons. The lowest BCUT2D eigenvalue weighted by Gasteiger charge is -2.39. The largest absolute Gasteiger partial charge is 0.370 e. The van der Waals surface area contributed by atoms with Crippen LogP contribution in [0.15, 0.2) is 54.9 Å². The zero-order valence-electron chi connectivity index (χ0n) is 14.0. The predicted molar refractivity (Wildman–Crippen MR) is 95.5 cm³/mol. The van der Waals surface area contributed by atoms with Crippen LogP contribution in [-0.4, -0.2) is 38.9 Å². The summed E-state index contributed by atoms with van der Waals surface area (Å²) in [6, 6.07) is 14.2. The van der Waals surface area contributed by atoms with Crippen LogP contribution in [0.2, 0.25) is 0 Å². The summed E-state index contributed by atoms with van der Waals surface area (Å²) in [5.74, 6) is 1.68. The van der Waals surface area contributed by atoms with Crippen molar-refractivity contribution >= 4 is 11.8 Å². The van der Waals surface area contributed by atoms with Gasteiger partial charge in [-0.2, -0.15) is 15.1 Å². The summed E-state index contributed by atoms with van der Waals surface area (Å²) < 4.78 is 7.71. The Morgan fingerprint density at radius 1 is 1.12 bits per heavy atom. The van der Waals surface area contributed by atoms with Crippen LogP contribution in [0.5, 0.6) is 0 Å². The molecule has 0 radical (unpaired) electrons. The van der Waals surface area contributed by atoms with E-state index in [2.05, 4.69) is 39.0 Å². The maximum atomic E-state index is 6.03. The summed E-state index contributed by atoms with van der Waals surface area (Å²) in [7, 11) is 0. The molecular formula is C18H20N6O. The molecular weight excluding hydrogens is 316 g/mol. The molecule has 4 rings (SSSR count). The summed E-state index contributed by atoms with van der Waals surface area (Å²) in [6.07, 6.45) is 3.55. The fourth-order valence-electron chi connectivity index (χ4n) is 3.05. The van der Waals surface area contributed by atoms with Gasteiger partial charge in [-0.3, -0.25) is 0 Å². The van der Waals surface area contributed by atoms with Crippen molar-refractivity contribution < 1.29 is 4.74 Å². The first-order valence-electron chi connectivity index (χ1n) is 8.28. The molecule has 0 amide bonds. The van der Waals surface area contributed by atoms with Gasteiger partial charge in [-0.1, -0.05) is 30.3 Å². The number of morpholine rings is 1. The number of anilines is 2. The van der Waals surface area contributed by atoms with Gasteiger partial charge in [-0.15, -0.1) is 0 Å². The Hall–Kier alpha value is -2.93. The van der Waals surface area contributed by atoms with Gasteiger partial charge < -0.3 is 15.4 Å². The lowest BCUT2D eigenvalue weighted by molar-refractivity contribution is 0.0212. The monoisotopic (exact) mass is 336 g/mol. The van der Waals surface area contributed by atoms with E-state index in [4.69, 9.17) is 10.5 Å². The maximum Gasteiger partial charge on any atom is 0.224 e. The van der Waals surface area contributed by atoms with Gasteiger partial charge in [0.2, 0.25) is 5.95 Å². The minimum absolute atomic E-state index is 0.00161. The molecule has 1 aliphatic heterocycles. The number of nitrogen functional groups attached to an aromatic ring is 1. The number of aromatic nitrogens is 4. The third-order valence-electron chi connectivity index (χ3n) is 4.35. The lowest BCUT2D eigenvalue weighted by Crippen LogP contribution is -2.45. The first kappa shape index (κ1) is 15.6. The Morgan fingerprint density at radius 2 is 1.92 bits per heavy atom. The standard InChI is InChI=1S/C18H20N6O/c1-13-12-25-15(14-6-3-2-4-7-14)11-23(13)16-10-17(22-18(19)21-16)24-9-5-8-20-24/h2-10,13,15H,11-12H2,1H3,(H2,19,21,22)/t13-,15+/m0/s1. The second-order valence-electron chi connectivity index (χ2n) is 6.13. The van der Waals surface area contributed by atoms with Crippen molar-refractivity contribution in [3.8, 4) is 5.82 Å². The molecule has 7 nitrogen and oxygen atoms in total. The zero-order chi connectivity index (χ0) is 17.2. The Morgan fingerprint density at radius 3 is 2.68 bits per heavy atom. The van der Waals surface area contributed by atoms with Crippen LogP contribution in [0.25, 0.3) is 5.82 Å². The van der Waals surface area contributed by atoms with Gasteiger partial charge in [0.1, 0.15) is 11.9 Å². The summed E-state index contributed by atoms with van der Waals surface area (Å²) in [4.78, 5) is 10.9. The Balaban J connectivity index is 1.65. The molecule has 2 aromatic heterocycles. The molecule has 1 saturated heterocycles. The van der Waals surface area contributed by atoms with Gasteiger partial charge in [-0.05, 0) is 18.6 Å². The quantitative estimate of drug-likeness (QED) is 0.790. The van der Waals surface area contributed by atoms with Crippen LogP contribution in [0.1, 0.15) is 18.6 Å². The molecule has 3 heterocycles. The van der Waals surface area contributed by atoms with E-state index in [1.54, 1.807) is 10.9 Å².